The number of anilines is 1. The van der Waals surface area contributed by atoms with Gasteiger partial charge in [-0.05, 0) is 30.2 Å². The number of hydrogen-bond donors (Lipinski definition) is 1. The summed E-state index contributed by atoms with van der Waals surface area (Å²) in [6.07, 6.45) is -5.31. The van der Waals surface area contributed by atoms with E-state index in [1.165, 1.54) is 17.0 Å². The van der Waals surface area contributed by atoms with Crippen molar-refractivity contribution in [2.45, 2.75) is 25.2 Å². The predicted octanol–water partition coefficient (Wildman–Crippen LogP) is 4.59. The van der Waals surface area contributed by atoms with Crippen LogP contribution in [0.15, 0.2) is 83.9 Å². The maximum atomic E-state index is 13.1. The van der Waals surface area contributed by atoms with Gasteiger partial charge in [-0.3, -0.25) is 9.59 Å². The molecule has 34 heavy (non-hydrogen) atoms. The van der Waals surface area contributed by atoms with Crippen molar-refractivity contribution >= 4 is 23.2 Å². The van der Waals surface area contributed by atoms with Gasteiger partial charge >= 0.3 is 6.18 Å². The molecule has 8 heteroatoms. The summed E-state index contributed by atoms with van der Waals surface area (Å²) < 4.78 is 38.2. The highest BCUT2D eigenvalue weighted by Crippen LogP contribution is 2.29. The summed E-state index contributed by atoms with van der Waals surface area (Å²) in [7, 11) is 1.63. The standard InChI is InChI=1S/C26H22F3N3O2/c1-32-21-10-6-5-9-20(21)23(18-7-3-2-4-8-18)31-24(25(32)34)30-22(33)16-13-17-11-14-19(15-12-17)26(27,28)29/h2-12,14-15,24H,13,16H2,1H3,(H,30,33)/t24-/m1/s1. The third kappa shape index (κ3) is 5.01. The van der Waals surface area contributed by atoms with Gasteiger partial charge in [0, 0.05) is 24.6 Å². The van der Waals surface area contributed by atoms with Crippen LogP contribution in [0, 0.1) is 0 Å². The predicted molar refractivity (Wildman–Crippen MR) is 124 cm³/mol. The number of rotatable bonds is 5. The van der Waals surface area contributed by atoms with Gasteiger partial charge in [0.05, 0.1) is 17.0 Å². The van der Waals surface area contributed by atoms with Crippen LogP contribution < -0.4 is 10.2 Å². The van der Waals surface area contributed by atoms with E-state index in [9.17, 15) is 22.8 Å². The number of aryl methyl sites for hydroxylation is 1. The fourth-order valence-electron chi connectivity index (χ4n) is 3.79. The Morgan fingerprint density at radius 1 is 0.971 bits per heavy atom. The lowest BCUT2D eigenvalue weighted by Gasteiger charge is -2.20. The van der Waals surface area contributed by atoms with Crippen molar-refractivity contribution in [1.82, 2.24) is 5.32 Å². The van der Waals surface area contributed by atoms with Gasteiger partial charge in [0.25, 0.3) is 5.91 Å². The van der Waals surface area contributed by atoms with Gasteiger partial charge in [-0.2, -0.15) is 13.2 Å². The number of benzodiazepines with no additional fused rings is 1. The lowest BCUT2D eigenvalue weighted by atomic mass is 10.0. The minimum absolute atomic E-state index is 0.00198. The smallest absolute Gasteiger partial charge is 0.327 e. The monoisotopic (exact) mass is 465 g/mol. The van der Waals surface area contributed by atoms with Gasteiger partial charge in [-0.25, -0.2) is 4.99 Å². The molecule has 0 saturated carbocycles. The van der Waals surface area contributed by atoms with Crippen molar-refractivity contribution in [2.24, 2.45) is 4.99 Å². The number of carbonyl (C=O) groups excluding carboxylic acids is 2. The zero-order valence-corrected chi connectivity index (χ0v) is 18.3. The Balaban J connectivity index is 1.54. The normalized spacial score (nSPS) is 15.9. The number of likely N-dealkylation sites (N-methyl/N-ethyl adjacent to an activating group) is 1. The van der Waals surface area contributed by atoms with Crippen LogP contribution in [0.4, 0.5) is 18.9 Å². The number of aliphatic imine (C=N–C) groups is 1. The van der Waals surface area contributed by atoms with E-state index < -0.39 is 23.8 Å². The van der Waals surface area contributed by atoms with Crippen LogP contribution >= 0.6 is 0 Å². The highest BCUT2D eigenvalue weighted by atomic mass is 19.4. The molecule has 0 unspecified atom stereocenters. The van der Waals surface area contributed by atoms with E-state index in [-0.39, 0.29) is 18.7 Å². The van der Waals surface area contributed by atoms with E-state index in [1.807, 2.05) is 54.6 Å². The Kier molecular flexibility index (Phi) is 6.49. The molecule has 1 N–H and O–H groups in total. The maximum Gasteiger partial charge on any atom is 0.416 e. The first-order valence-electron chi connectivity index (χ1n) is 10.7. The van der Waals surface area contributed by atoms with Crippen LogP contribution in [0.25, 0.3) is 0 Å². The molecule has 4 rings (SSSR count). The van der Waals surface area contributed by atoms with Crippen molar-refractivity contribution in [3.05, 3.63) is 101 Å². The fourth-order valence-corrected chi connectivity index (χ4v) is 3.79. The summed E-state index contributed by atoms with van der Waals surface area (Å²) in [5.41, 5.74) is 2.69. The summed E-state index contributed by atoms with van der Waals surface area (Å²) in [5.74, 6) is -0.810. The molecule has 0 fully saturated rings. The highest BCUT2D eigenvalue weighted by molar-refractivity contribution is 6.20. The molecule has 3 aromatic rings. The Morgan fingerprint density at radius 3 is 2.29 bits per heavy atom. The molecule has 0 saturated heterocycles. The number of benzene rings is 3. The van der Waals surface area contributed by atoms with Crippen LogP contribution in [-0.4, -0.2) is 30.7 Å². The second kappa shape index (κ2) is 9.51. The molecule has 1 atom stereocenters. The molecule has 0 radical (unpaired) electrons. The zero-order valence-electron chi connectivity index (χ0n) is 18.3. The lowest BCUT2D eigenvalue weighted by Crippen LogP contribution is -2.46. The average molecular weight is 465 g/mol. The van der Waals surface area contributed by atoms with Gasteiger partial charge in [0.1, 0.15) is 0 Å². The molecule has 2 amide bonds. The van der Waals surface area contributed by atoms with E-state index >= 15 is 0 Å². The molecule has 0 aromatic heterocycles. The van der Waals surface area contributed by atoms with Crippen molar-refractivity contribution in [3.63, 3.8) is 0 Å². The van der Waals surface area contributed by atoms with Crippen molar-refractivity contribution in [1.29, 1.82) is 0 Å². The van der Waals surface area contributed by atoms with Crippen LogP contribution in [0.5, 0.6) is 0 Å². The minimum atomic E-state index is -4.41. The quantitative estimate of drug-likeness (QED) is 0.599. The topological polar surface area (TPSA) is 61.8 Å². The molecule has 3 aromatic carbocycles. The number of nitrogens with one attached hydrogen (secondary N) is 1. The van der Waals surface area contributed by atoms with Crippen LogP contribution in [0.1, 0.15) is 28.7 Å². The Labute approximate surface area is 194 Å². The van der Waals surface area contributed by atoms with Crippen LogP contribution in [0.2, 0.25) is 0 Å². The first kappa shape index (κ1) is 23.2. The van der Waals surface area contributed by atoms with Crippen molar-refractivity contribution < 1.29 is 22.8 Å². The van der Waals surface area contributed by atoms with Crippen molar-refractivity contribution in [2.75, 3.05) is 11.9 Å². The molecule has 1 aliphatic rings. The summed E-state index contributed by atoms with van der Waals surface area (Å²) in [5, 5.41) is 2.68. The lowest BCUT2D eigenvalue weighted by molar-refractivity contribution is -0.137. The third-order valence-corrected chi connectivity index (χ3v) is 5.61. The molecule has 1 aliphatic heterocycles. The van der Waals surface area contributed by atoms with Gasteiger partial charge in [0.15, 0.2) is 0 Å². The van der Waals surface area contributed by atoms with Gasteiger partial charge < -0.3 is 10.2 Å². The van der Waals surface area contributed by atoms with E-state index in [2.05, 4.69) is 10.3 Å². The molecule has 174 valence electrons. The van der Waals surface area contributed by atoms with Gasteiger partial charge in [0.2, 0.25) is 12.1 Å². The maximum absolute atomic E-state index is 13.1. The molecular weight excluding hydrogens is 443 g/mol. The highest BCUT2D eigenvalue weighted by Gasteiger charge is 2.31. The summed E-state index contributed by atoms with van der Waals surface area (Å²) in [6, 6.07) is 21.5. The van der Waals surface area contributed by atoms with E-state index in [0.29, 0.717) is 17.0 Å². The first-order valence-corrected chi connectivity index (χ1v) is 10.7. The largest absolute Gasteiger partial charge is 0.416 e. The van der Waals surface area contributed by atoms with Crippen LogP contribution in [-0.2, 0) is 22.2 Å². The number of alkyl halides is 3. The van der Waals surface area contributed by atoms with E-state index in [1.54, 1.807) is 7.05 Å². The molecule has 1 heterocycles. The average Bonchev–Trinajstić information content (AvgIpc) is 2.94. The first-order chi connectivity index (χ1) is 16.2. The molecule has 0 bridgehead atoms. The number of amides is 2. The fraction of sp³-hybridized carbons (Fsp3) is 0.192. The minimum Gasteiger partial charge on any atom is -0.327 e. The number of hydrogen-bond acceptors (Lipinski definition) is 3. The second-order valence-corrected chi connectivity index (χ2v) is 7.92. The van der Waals surface area contributed by atoms with Crippen LogP contribution in [0.3, 0.4) is 0 Å². The van der Waals surface area contributed by atoms with Gasteiger partial charge in [-0.1, -0.05) is 60.7 Å². The SMILES string of the molecule is CN1C(=O)[C@H](NC(=O)CCc2ccc(C(F)(F)F)cc2)N=C(c2ccccc2)c2ccccc21. The Bertz CT molecular complexity index is 1220. The van der Waals surface area contributed by atoms with E-state index in [0.717, 1.165) is 23.3 Å². The second-order valence-electron chi connectivity index (χ2n) is 7.92. The third-order valence-electron chi connectivity index (χ3n) is 5.61. The number of halogens is 3. The number of fused-ring (bicyclic) bond motifs is 1. The Morgan fingerprint density at radius 2 is 1.62 bits per heavy atom. The van der Waals surface area contributed by atoms with E-state index in [4.69, 9.17) is 0 Å². The number of para-hydroxylation sites is 1. The Hall–Kier alpha value is -3.94. The molecular formula is C26H22F3N3O2. The summed E-state index contributed by atoms with van der Waals surface area (Å²) in [4.78, 5) is 31.9. The van der Waals surface area contributed by atoms with Gasteiger partial charge in [-0.15, -0.1) is 0 Å². The van der Waals surface area contributed by atoms with Crippen molar-refractivity contribution in [3.8, 4) is 0 Å². The number of nitrogens with zero attached hydrogens (tertiary/aromatic N) is 2. The zero-order chi connectivity index (χ0) is 24.3. The molecule has 0 aliphatic carbocycles. The summed E-state index contributed by atoms with van der Waals surface area (Å²) in [6.45, 7) is 0. The molecule has 5 nitrogen and oxygen atoms in total. The molecule has 0 spiro atoms. The summed E-state index contributed by atoms with van der Waals surface area (Å²) >= 11 is 0. The number of carbonyl (C=O) groups is 2.